The maximum atomic E-state index is 6.49. The van der Waals surface area contributed by atoms with Gasteiger partial charge in [-0.15, -0.1) is 0 Å². The second kappa shape index (κ2) is 12.1. The molecule has 4 nitrogen and oxygen atoms in total. The summed E-state index contributed by atoms with van der Waals surface area (Å²) in [6.07, 6.45) is -0.623. The molecule has 4 atom stereocenters. The van der Waals surface area contributed by atoms with Crippen LogP contribution in [0, 0.1) is 5.92 Å². The standard InChI is InChI=1S/C29H34O4/c1-22(2)27-29(32-20-25-16-10-5-11-17-25)28(31-19-24-14-8-4-9-15-24)26(33-27)21-30-18-23-12-6-3-7-13-23/h3-17,22,26-29H,18-21H2,1-2H3/t26-,27+,28?,29?/m1/s1. The third kappa shape index (κ3) is 6.75. The van der Waals surface area contributed by atoms with E-state index >= 15 is 0 Å². The highest BCUT2D eigenvalue weighted by atomic mass is 16.6. The molecule has 3 aromatic carbocycles. The van der Waals surface area contributed by atoms with E-state index in [2.05, 4.69) is 50.2 Å². The summed E-state index contributed by atoms with van der Waals surface area (Å²) in [5.41, 5.74) is 3.43. The Hall–Kier alpha value is -2.50. The molecule has 0 amide bonds. The van der Waals surface area contributed by atoms with Crippen LogP contribution in [0.1, 0.15) is 30.5 Å². The minimum absolute atomic E-state index is 0.0557. The highest BCUT2D eigenvalue weighted by Gasteiger charge is 2.47. The van der Waals surface area contributed by atoms with Crippen LogP contribution in [0.4, 0.5) is 0 Å². The van der Waals surface area contributed by atoms with Crippen molar-refractivity contribution in [3.05, 3.63) is 108 Å². The molecule has 0 aliphatic carbocycles. The lowest BCUT2D eigenvalue weighted by molar-refractivity contribution is -0.0901. The zero-order valence-corrected chi connectivity index (χ0v) is 19.5. The van der Waals surface area contributed by atoms with Crippen molar-refractivity contribution >= 4 is 0 Å². The molecular formula is C29H34O4. The van der Waals surface area contributed by atoms with Crippen LogP contribution in [0.3, 0.4) is 0 Å². The van der Waals surface area contributed by atoms with Crippen LogP contribution in [0.2, 0.25) is 0 Å². The van der Waals surface area contributed by atoms with Crippen molar-refractivity contribution in [2.75, 3.05) is 6.61 Å². The molecule has 0 aromatic heterocycles. The zero-order valence-electron chi connectivity index (χ0n) is 19.5. The van der Waals surface area contributed by atoms with E-state index in [-0.39, 0.29) is 24.4 Å². The molecule has 4 heteroatoms. The molecule has 174 valence electrons. The predicted octanol–water partition coefficient (Wildman–Crippen LogP) is 5.80. The van der Waals surface area contributed by atoms with Crippen LogP contribution in [-0.2, 0) is 38.8 Å². The summed E-state index contributed by atoms with van der Waals surface area (Å²) in [5.74, 6) is 0.299. The quantitative estimate of drug-likeness (QED) is 0.373. The maximum Gasteiger partial charge on any atom is 0.115 e. The zero-order chi connectivity index (χ0) is 22.9. The molecule has 1 saturated heterocycles. The molecular weight excluding hydrogens is 412 g/mol. The normalized spacial score (nSPS) is 22.6. The monoisotopic (exact) mass is 446 g/mol. The van der Waals surface area contributed by atoms with Crippen molar-refractivity contribution in [3.8, 4) is 0 Å². The molecule has 2 unspecified atom stereocenters. The van der Waals surface area contributed by atoms with Crippen molar-refractivity contribution in [2.24, 2.45) is 5.92 Å². The highest BCUT2D eigenvalue weighted by Crippen LogP contribution is 2.32. The summed E-state index contributed by atoms with van der Waals surface area (Å²) < 4.78 is 25.5. The second-order valence-electron chi connectivity index (χ2n) is 8.91. The first-order valence-electron chi connectivity index (χ1n) is 11.8. The van der Waals surface area contributed by atoms with E-state index in [0.717, 1.165) is 16.7 Å². The summed E-state index contributed by atoms with van der Waals surface area (Å²) in [6, 6.07) is 30.7. The Morgan fingerprint density at radius 1 is 0.636 bits per heavy atom. The van der Waals surface area contributed by atoms with Crippen LogP contribution in [-0.4, -0.2) is 31.0 Å². The fraction of sp³-hybridized carbons (Fsp3) is 0.379. The molecule has 4 rings (SSSR count). The Labute approximate surface area is 197 Å². The topological polar surface area (TPSA) is 36.9 Å². The summed E-state index contributed by atoms with van der Waals surface area (Å²) in [5, 5.41) is 0. The minimum atomic E-state index is -0.211. The van der Waals surface area contributed by atoms with Crippen LogP contribution in [0.25, 0.3) is 0 Å². The lowest BCUT2D eigenvalue weighted by Gasteiger charge is -2.26. The average molecular weight is 447 g/mol. The summed E-state index contributed by atoms with van der Waals surface area (Å²) in [6.45, 7) is 6.40. The molecule has 0 bridgehead atoms. The van der Waals surface area contributed by atoms with Gasteiger partial charge in [0.1, 0.15) is 18.3 Å². The van der Waals surface area contributed by atoms with Crippen molar-refractivity contribution in [1.82, 2.24) is 0 Å². The fourth-order valence-electron chi connectivity index (χ4n) is 4.22. The van der Waals surface area contributed by atoms with Gasteiger partial charge in [-0.25, -0.2) is 0 Å². The second-order valence-corrected chi connectivity index (χ2v) is 8.91. The number of benzene rings is 3. The Morgan fingerprint density at radius 2 is 1.09 bits per heavy atom. The molecule has 0 N–H and O–H groups in total. The summed E-state index contributed by atoms with van der Waals surface area (Å²) in [4.78, 5) is 0. The molecule has 0 saturated carbocycles. The molecule has 1 fully saturated rings. The molecule has 1 aliphatic rings. The van der Waals surface area contributed by atoms with E-state index in [1.54, 1.807) is 0 Å². The number of rotatable bonds is 11. The van der Waals surface area contributed by atoms with Gasteiger partial charge < -0.3 is 18.9 Å². The van der Waals surface area contributed by atoms with Crippen LogP contribution < -0.4 is 0 Å². The Bertz CT molecular complexity index is 930. The fourth-order valence-corrected chi connectivity index (χ4v) is 4.22. The van der Waals surface area contributed by atoms with E-state index in [4.69, 9.17) is 18.9 Å². The Kier molecular flexibility index (Phi) is 8.67. The van der Waals surface area contributed by atoms with Gasteiger partial charge in [0.2, 0.25) is 0 Å². The van der Waals surface area contributed by atoms with Crippen molar-refractivity contribution < 1.29 is 18.9 Å². The first kappa shape index (κ1) is 23.7. The lowest BCUT2D eigenvalue weighted by Crippen LogP contribution is -2.40. The third-order valence-corrected chi connectivity index (χ3v) is 5.97. The molecule has 33 heavy (non-hydrogen) atoms. The van der Waals surface area contributed by atoms with Gasteiger partial charge in [-0.05, 0) is 22.6 Å². The number of hydrogen-bond acceptors (Lipinski definition) is 4. The van der Waals surface area contributed by atoms with Crippen LogP contribution in [0.15, 0.2) is 91.0 Å². The summed E-state index contributed by atoms with van der Waals surface area (Å²) >= 11 is 0. The third-order valence-electron chi connectivity index (χ3n) is 5.97. The van der Waals surface area contributed by atoms with E-state index in [9.17, 15) is 0 Å². The van der Waals surface area contributed by atoms with Gasteiger partial charge in [0, 0.05) is 0 Å². The highest BCUT2D eigenvalue weighted by molar-refractivity contribution is 5.15. The van der Waals surface area contributed by atoms with Crippen LogP contribution in [0.5, 0.6) is 0 Å². The van der Waals surface area contributed by atoms with Gasteiger partial charge in [-0.2, -0.15) is 0 Å². The number of ether oxygens (including phenoxy) is 4. The maximum absolute atomic E-state index is 6.49. The Morgan fingerprint density at radius 3 is 1.58 bits per heavy atom. The number of hydrogen-bond donors (Lipinski definition) is 0. The lowest BCUT2D eigenvalue weighted by atomic mass is 9.99. The smallest absolute Gasteiger partial charge is 0.115 e. The largest absolute Gasteiger partial charge is 0.374 e. The first-order valence-corrected chi connectivity index (χ1v) is 11.8. The van der Waals surface area contributed by atoms with Gasteiger partial charge in [0.15, 0.2) is 0 Å². The molecule has 0 radical (unpaired) electrons. The van der Waals surface area contributed by atoms with E-state index in [1.807, 2.05) is 54.6 Å². The van der Waals surface area contributed by atoms with Gasteiger partial charge in [0.05, 0.1) is 32.5 Å². The van der Waals surface area contributed by atoms with E-state index in [1.165, 1.54) is 0 Å². The van der Waals surface area contributed by atoms with Gasteiger partial charge in [-0.3, -0.25) is 0 Å². The average Bonchev–Trinajstić information content (AvgIpc) is 3.21. The van der Waals surface area contributed by atoms with Gasteiger partial charge in [-0.1, -0.05) is 105 Å². The minimum Gasteiger partial charge on any atom is -0.374 e. The van der Waals surface area contributed by atoms with Crippen molar-refractivity contribution in [1.29, 1.82) is 0 Å². The van der Waals surface area contributed by atoms with Gasteiger partial charge >= 0.3 is 0 Å². The first-order chi connectivity index (χ1) is 16.2. The van der Waals surface area contributed by atoms with Crippen molar-refractivity contribution in [3.63, 3.8) is 0 Å². The molecule has 3 aromatic rings. The Balaban J connectivity index is 1.45. The SMILES string of the molecule is CC(C)[C@@H]1O[C@H](COCc2ccccc2)C(OCc2ccccc2)C1OCc1ccccc1. The van der Waals surface area contributed by atoms with Crippen molar-refractivity contribution in [2.45, 2.75) is 58.1 Å². The molecule has 1 heterocycles. The summed E-state index contributed by atoms with van der Waals surface area (Å²) in [7, 11) is 0. The molecule has 1 aliphatic heterocycles. The van der Waals surface area contributed by atoms with Crippen LogP contribution >= 0.6 is 0 Å². The molecule has 0 spiro atoms. The predicted molar refractivity (Wildman–Crippen MR) is 130 cm³/mol. The van der Waals surface area contributed by atoms with E-state index < -0.39 is 0 Å². The van der Waals surface area contributed by atoms with E-state index in [0.29, 0.717) is 32.3 Å². The van der Waals surface area contributed by atoms with Gasteiger partial charge in [0.25, 0.3) is 0 Å².